The monoisotopic (exact) mass is 317 g/mol. The van der Waals surface area contributed by atoms with Crippen LogP contribution in [0.5, 0.6) is 0 Å². The van der Waals surface area contributed by atoms with Crippen molar-refractivity contribution in [3.8, 4) is 0 Å². The van der Waals surface area contributed by atoms with E-state index in [2.05, 4.69) is 29.5 Å². The van der Waals surface area contributed by atoms with Crippen molar-refractivity contribution in [3.05, 3.63) is 0 Å². The molecule has 21 heavy (non-hydrogen) atoms. The molecule has 1 fully saturated rings. The molecular weight excluding hydrogens is 286 g/mol. The minimum atomic E-state index is -2.79. The summed E-state index contributed by atoms with van der Waals surface area (Å²) in [6, 6.07) is 0. The van der Waals surface area contributed by atoms with Gasteiger partial charge in [0.15, 0.2) is 15.8 Å². The number of hydrogen-bond donors (Lipinski definition) is 2. The highest BCUT2D eigenvalue weighted by atomic mass is 32.2. The molecule has 0 aromatic rings. The van der Waals surface area contributed by atoms with Crippen LogP contribution in [0, 0.1) is 11.8 Å². The Morgan fingerprint density at radius 3 is 2.62 bits per heavy atom. The molecule has 1 aliphatic heterocycles. The molecule has 1 aliphatic rings. The van der Waals surface area contributed by atoms with Crippen LogP contribution in [0.3, 0.4) is 0 Å². The number of guanidine groups is 1. The Kier molecular flexibility index (Phi) is 8.07. The van der Waals surface area contributed by atoms with Crippen LogP contribution >= 0.6 is 0 Å². The minimum absolute atomic E-state index is 0.218. The third-order valence-electron chi connectivity index (χ3n) is 4.21. The lowest BCUT2D eigenvalue weighted by Crippen LogP contribution is -2.41. The number of sulfone groups is 1. The molecule has 2 unspecified atom stereocenters. The molecule has 0 bridgehead atoms. The summed E-state index contributed by atoms with van der Waals surface area (Å²) in [5.41, 5.74) is 0. The highest BCUT2D eigenvalue weighted by Gasteiger charge is 2.27. The van der Waals surface area contributed by atoms with Crippen LogP contribution < -0.4 is 10.6 Å². The van der Waals surface area contributed by atoms with Crippen molar-refractivity contribution in [2.75, 3.05) is 31.6 Å². The van der Waals surface area contributed by atoms with Crippen molar-refractivity contribution in [1.29, 1.82) is 0 Å². The van der Waals surface area contributed by atoms with Crippen molar-refractivity contribution in [2.24, 2.45) is 16.8 Å². The van der Waals surface area contributed by atoms with Crippen LogP contribution in [-0.4, -0.2) is 46.0 Å². The fraction of sp³-hybridized carbons (Fsp3) is 0.933. The van der Waals surface area contributed by atoms with E-state index in [1.165, 1.54) is 25.7 Å². The molecule has 5 nitrogen and oxygen atoms in total. The summed E-state index contributed by atoms with van der Waals surface area (Å²) >= 11 is 0. The zero-order valence-electron chi connectivity index (χ0n) is 13.7. The second-order valence-corrected chi connectivity index (χ2v) is 8.25. The first-order chi connectivity index (χ1) is 10.0. The Hall–Kier alpha value is -0.780. The maximum absolute atomic E-state index is 11.4. The SMILES string of the molecule is CCCCC(CC)CNC(=NC)NCC1CCS(=O)(=O)C1. The molecule has 0 aliphatic carbocycles. The van der Waals surface area contributed by atoms with Crippen molar-refractivity contribution in [2.45, 2.75) is 46.0 Å². The fourth-order valence-electron chi connectivity index (χ4n) is 2.68. The van der Waals surface area contributed by atoms with Crippen molar-refractivity contribution < 1.29 is 8.42 Å². The number of nitrogens with zero attached hydrogens (tertiary/aromatic N) is 1. The van der Waals surface area contributed by atoms with Crippen LogP contribution in [0.4, 0.5) is 0 Å². The van der Waals surface area contributed by atoms with E-state index in [1.807, 2.05) is 0 Å². The maximum atomic E-state index is 11.4. The zero-order valence-corrected chi connectivity index (χ0v) is 14.5. The van der Waals surface area contributed by atoms with Gasteiger partial charge in [-0.05, 0) is 24.7 Å². The lowest BCUT2D eigenvalue weighted by atomic mass is 9.99. The van der Waals surface area contributed by atoms with Gasteiger partial charge in [-0.2, -0.15) is 0 Å². The van der Waals surface area contributed by atoms with Gasteiger partial charge < -0.3 is 10.6 Å². The lowest BCUT2D eigenvalue weighted by molar-refractivity contribution is 0.442. The predicted octanol–water partition coefficient (Wildman–Crippen LogP) is 1.80. The molecule has 0 spiro atoms. The van der Waals surface area contributed by atoms with Gasteiger partial charge >= 0.3 is 0 Å². The van der Waals surface area contributed by atoms with Crippen LogP contribution in [-0.2, 0) is 9.84 Å². The van der Waals surface area contributed by atoms with E-state index < -0.39 is 9.84 Å². The summed E-state index contributed by atoms with van der Waals surface area (Å²) in [5, 5.41) is 6.62. The van der Waals surface area contributed by atoms with Gasteiger partial charge in [0.25, 0.3) is 0 Å². The molecule has 2 atom stereocenters. The molecule has 1 rings (SSSR count). The molecular formula is C15H31N3O2S. The molecule has 0 saturated carbocycles. The first-order valence-electron chi connectivity index (χ1n) is 8.15. The van der Waals surface area contributed by atoms with Crippen LogP contribution in [0.2, 0.25) is 0 Å². The number of rotatable bonds is 8. The summed E-state index contributed by atoms with van der Waals surface area (Å²) in [5.74, 6) is 2.32. The number of aliphatic imine (C=N–C) groups is 1. The topological polar surface area (TPSA) is 70.6 Å². The van der Waals surface area contributed by atoms with Crippen molar-refractivity contribution >= 4 is 15.8 Å². The third kappa shape index (κ3) is 7.16. The number of unbranched alkanes of at least 4 members (excludes halogenated alkanes) is 1. The quantitative estimate of drug-likeness (QED) is 0.529. The van der Waals surface area contributed by atoms with E-state index in [9.17, 15) is 8.42 Å². The summed E-state index contributed by atoms with van der Waals surface area (Å²) in [7, 11) is -1.03. The zero-order chi connectivity index (χ0) is 15.7. The van der Waals surface area contributed by atoms with E-state index in [4.69, 9.17) is 0 Å². The normalized spacial score (nSPS) is 23.0. The van der Waals surface area contributed by atoms with E-state index in [-0.39, 0.29) is 5.92 Å². The predicted molar refractivity (Wildman–Crippen MR) is 89.4 cm³/mol. The molecule has 6 heteroatoms. The first-order valence-corrected chi connectivity index (χ1v) is 9.97. The van der Waals surface area contributed by atoms with Gasteiger partial charge in [0, 0.05) is 20.1 Å². The molecule has 0 amide bonds. The Morgan fingerprint density at radius 2 is 2.10 bits per heavy atom. The number of nitrogens with one attached hydrogen (secondary N) is 2. The van der Waals surface area contributed by atoms with Crippen LogP contribution in [0.25, 0.3) is 0 Å². The molecule has 1 saturated heterocycles. The fourth-order valence-corrected chi connectivity index (χ4v) is 4.54. The molecule has 0 radical (unpaired) electrons. The van der Waals surface area contributed by atoms with Gasteiger partial charge in [0.05, 0.1) is 11.5 Å². The van der Waals surface area contributed by atoms with Crippen molar-refractivity contribution in [3.63, 3.8) is 0 Å². The first kappa shape index (κ1) is 18.3. The molecule has 1 heterocycles. The van der Waals surface area contributed by atoms with Crippen LogP contribution in [0.15, 0.2) is 4.99 Å². The van der Waals surface area contributed by atoms with E-state index in [0.29, 0.717) is 24.0 Å². The lowest BCUT2D eigenvalue weighted by Gasteiger charge is -2.19. The summed E-state index contributed by atoms with van der Waals surface area (Å²) in [6.45, 7) is 6.06. The second kappa shape index (κ2) is 9.28. The van der Waals surface area contributed by atoms with E-state index in [1.54, 1.807) is 7.05 Å². The smallest absolute Gasteiger partial charge is 0.190 e. The van der Waals surface area contributed by atoms with Gasteiger partial charge in [-0.25, -0.2) is 8.42 Å². The number of hydrogen-bond acceptors (Lipinski definition) is 3. The molecule has 0 aromatic carbocycles. The average molecular weight is 317 g/mol. The maximum Gasteiger partial charge on any atom is 0.190 e. The molecule has 2 N–H and O–H groups in total. The second-order valence-electron chi connectivity index (χ2n) is 6.02. The minimum Gasteiger partial charge on any atom is -0.356 e. The Labute approximate surface area is 129 Å². The van der Waals surface area contributed by atoms with Gasteiger partial charge in [-0.3, -0.25) is 4.99 Å². The third-order valence-corrected chi connectivity index (χ3v) is 6.05. The summed E-state index contributed by atoms with van der Waals surface area (Å²) < 4.78 is 22.9. The Morgan fingerprint density at radius 1 is 1.33 bits per heavy atom. The summed E-state index contributed by atoms with van der Waals surface area (Å²) in [6.07, 6.45) is 5.69. The standard InChI is InChI=1S/C15H31N3O2S/c1-4-6-7-13(5-2)10-17-15(16-3)18-11-14-8-9-21(19,20)12-14/h13-14H,4-12H2,1-3H3,(H2,16,17,18). The highest BCUT2D eigenvalue weighted by Crippen LogP contribution is 2.17. The van der Waals surface area contributed by atoms with E-state index >= 15 is 0 Å². The van der Waals surface area contributed by atoms with Gasteiger partial charge in [0.1, 0.15) is 0 Å². The molecule has 0 aromatic heterocycles. The Balaban J connectivity index is 2.29. The largest absolute Gasteiger partial charge is 0.356 e. The Bertz CT molecular complexity index is 421. The van der Waals surface area contributed by atoms with Gasteiger partial charge in [-0.15, -0.1) is 0 Å². The van der Waals surface area contributed by atoms with Gasteiger partial charge in [0.2, 0.25) is 0 Å². The highest BCUT2D eigenvalue weighted by molar-refractivity contribution is 7.91. The molecule has 124 valence electrons. The van der Waals surface area contributed by atoms with Crippen molar-refractivity contribution in [1.82, 2.24) is 10.6 Å². The average Bonchev–Trinajstić information content (AvgIpc) is 2.81. The van der Waals surface area contributed by atoms with Gasteiger partial charge in [-0.1, -0.05) is 33.1 Å². The van der Waals surface area contributed by atoms with Crippen LogP contribution in [0.1, 0.15) is 46.0 Å². The summed E-state index contributed by atoms with van der Waals surface area (Å²) in [4.78, 5) is 4.22. The van der Waals surface area contributed by atoms with E-state index in [0.717, 1.165) is 18.9 Å².